The molecule has 18 heavy (non-hydrogen) atoms. The molecule has 0 saturated carbocycles. The lowest BCUT2D eigenvalue weighted by Gasteiger charge is -2.14. The summed E-state index contributed by atoms with van der Waals surface area (Å²) in [4.78, 5) is 4.19. The van der Waals surface area contributed by atoms with E-state index in [4.69, 9.17) is 4.74 Å². The number of aliphatic hydroxyl groups excluding tert-OH is 1. The highest BCUT2D eigenvalue weighted by molar-refractivity contribution is 9.10. The van der Waals surface area contributed by atoms with Gasteiger partial charge in [0.1, 0.15) is 11.9 Å². The van der Waals surface area contributed by atoms with Crippen molar-refractivity contribution in [3.63, 3.8) is 0 Å². The maximum atomic E-state index is 10.4. The van der Waals surface area contributed by atoms with Crippen molar-refractivity contribution in [2.24, 2.45) is 0 Å². The summed E-state index contributed by atoms with van der Waals surface area (Å²) in [7, 11) is 1.60. The number of aromatic nitrogens is 1. The first-order valence-electron chi connectivity index (χ1n) is 5.56. The van der Waals surface area contributed by atoms with Gasteiger partial charge in [-0.25, -0.2) is 0 Å². The highest BCUT2D eigenvalue weighted by atomic mass is 79.9. The van der Waals surface area contributed by atoms with Gasteiger partial charge in [0.15, 0.2) is 0 Å². The van der Waals surface area contributed by atoms with Crippen molar-refractivity contribution in [1.29, 1.82) is 0 Å². The Hall–Kier alpha value is -1.39. The molecule has 94 valence electrons. The van der Waals surface area contributed by atoms with E-state index in [-0.39, 0.29) is 0 Å². The van der Waals surface area contributed by atoms with E-state index in [0.717, 1.165) is 21.3 Å². The number of methoxy groups -OCH3 is 1. The molecule has 0 bridgehead atoms. The summed E-state index contributed by atoms with van der Waals surface area (Å²) >= 11 is 3.44. The Kier molecular flexibility index (Phi) is 3.99. The van der Waals surface area contributed by atoms with E-state index in [0.29, 0.717) is 5.75 Å². The average Bonchev–Trinajstić information content (AvgIpc) is 2.39. The van der Waals surface area contributed by atoms with Crippen molar-refractivity contribution < 1.29 is 9.84 Å². The number of halogens is 1. The predicted molar refractivity (Wildman–Crippen MR) is 73.7 cm³/mol. The van der Waals surface area contributed by atoms with Crippen molar-refractivity contribution >= 4 is 15.9 Å². The summed E-state index contributed by atoms with van der Waals surface area (Å²) in [5.41, 5.74) is 2.45. The van der Waals surface area contributed by atoms with E-state index in [1.807, 2.05) is 37.3 Å². The van der Waals surface area contributed by atoms with Gasteiger partial charge in [-0.2, -0.15) is 0 Å². The van der Waals surface area contributed by atoms with Gasteiger partial charge >= 0.3 is 0 Å². The third-order valence-corrected chi connectivity index (χ3v) is 3.47. The van der Waals surface area contributed by atoms with Gasteiger partial charge in [0, 0.05) is 27.5 Å². The molecule has 2 rings (SSSR count). The van der Waals surface area contributed by atoms with Gasteiger partial charge in [0.2, 0.25) is 0 Å². The second kappa shape index (κ2) is 5.50. The Morgan fingerprint density at radius 2 is 2.06 bits per heavy atom. The molecule has 1 N–H and O–H groups in total. The zero-order valence-corrected chi connectivity index (χ0v) is 11.8. The summed E-state index contributed by atoms with van der Waals surface area (Å²) in [6.45, 7) is 1.91. The van der Waals surface area contributed by atoms with E-state index >= 15 is 0 Å². The van der Waals surface area contributed by atoms with Gasteiger partial charge in [0.05, 0.1) is 7.11 Å². The van der Waals surface area contributed by atoms with Crippen LogP contribution in [-0.2, 0) is 0 Å². The Bertz CT molecular complexity index is 540. The molecular weight excluding hydrogens is 294 g/mol. The molecule has 0 aliphatic rings. The summed E-state index contributed by atoms with van der Waals surface area (Å²) in [5.74, 6) is 0.715. The Morgan fingerprint density at radius 1 is 1.28 bits per heavy atom. The van der Waals surface area contributed by atoms with E-state index in [1.54, 1.807) is 13.3 Å². The van der Waals surface area contributed by atoms with Crippen molar-refractivity contribution in [2.75, 3.05) is 7.11 Å². The van der Waals surface area contributed by atoms with Crippen LogP contribution in [0.4, 0.5) is 0 Å². The number of benzene rings is 1. The Balaban J connectivity index is 2.38. The van der Waals surface area contributed by atoms with Crippen LogP contribution in [0.5, 0.6) is 5.75 Å². The first kappa shape index (κ1) is 13.1. The van der Waals surface area contributed by atoms with E-state index in [1.165, 1.54) is 0 Å². The Labute approximate surface area is 115 Å². The lowest BCUT2D eigenvalue weighted by molar-refractivity contribution is 0.218. The lowest BCUT2D eigenvalue weighted by atomic mass is 10.0. The number of rotatable bonds is 3. The van der Waals surface area contributed by atoms with Gasteiger partial charge in [-0.1, -0.05) is 22.0 Å². The second-order valence-corrected chi connectivity index (χ2v) is 4.88. The maximum absolute atomic E-state index is 10.4. The van der Waals surface area contributed by atoms with Crippen LogP contribution >= 0.6 is 15.9 Å². The van der Waals surface area contributed by atoms with Crippen LogP contribution in [0, 0.1) is 6.92 Å². The number of aryl methyl sites for hydroxylation is 1. The third-order valence-electron chi connectivity index (χ3n) is 2.75. The SMILES string of the molecule is COc1ccc(Br)c(C(O)c2ccc(C)nc2)c1. The zero-order chi connectivity index (χ0) is 13.1. The highest BCUT2D eigenvalue weighted by Crippen LogP contribution is 2.31. The molecule has 1 heterocycles. The van der Waals surface area contributed by atoms with Crippen LogP contribution < -0.4 is 4.74 Å². The quantitative estimate of drug-likeness (QED) is 0.946. The molecule has 0 fully saturated rings. The molecule has 0 amide bonds. The van der Waals surface area contributed by atoms with Crippen LogP contribution in [0.15, 0.2) is 41.0 Å². The van der Waals surface area contributed by atoms with Crippen LogP contribution in [-0.4, -0.2) is 17.2 Å². The third kappa shape index (κ3) is 2.71. The van der Waals surface area contributed by atoms with E-state index in [2.05, 4.69) is 20.9 Å². The van der Waals surface area contributed by atoms with Crippen molar-refractivity contribution in [2.45, 2.75) is 13.0 Å². The summed E-state index contributed by atoms with van der Waals surface area (Å²) in [6, 6.07) is 9.27. The maximum Gasteiger partial charge on any atom is 0.119 e. The topological polar surface area (TPSA) is 42.4 Å². The minimum absolute atomic E-state index is 0.715. The number of ether oxygens (including phenoxy) is 1. The number of hydrogen-bond acceptors (Lipinski definition) is 3. The molecule has 3 nitrogen and oxygen atoms in total. The van der Waals surface area contributed by atoms with E-state index < -0.39 is 6.10 Å². The summed E-state index contributed by atoms with van der Waals surface area (Å²) < 4.78 is 6.01. The fourth-order valence-corrected chi connectivity index (χ4v) is 2.14. The van der Waals surface area contributed by atoms with Crippen LogP contribution in [0.25, 0.3) is 0 Å². The zero-order valence-electron chi connectivity index (χ0n) is 10.2. The highest BCUT2D eigenvalue weighted by Gasteiger charge is 2.14. The normalized spacial score (nSPS) is 12.2. The molecule has 1 aromatic carbocycles. The molecule has 0 saturated heterocycles. The van der Waals surface area contributed by atoms with Gasteiger partial charge < -0.3 is 9.84 Å². The van der Waals surface area contributed by atoms with Crippen LogP contribution in [0.2, 0.25) is 0 Å². The largest absolute Gasteiger partial charge is 0.497 e. The standard InChI is InChI=1S/C14H14BrNO2/c1-9-3-4-10(8-16-9)14(17)12-7-11(18-2)5-6-13(12)15/h3-8,14,17H,1-2H3. The Morgan fingerprint density at radius 3 is 2.67 bits per heavy atom. The van der Waals surface area contributed by atoms with Crippen LogP contribution in [0.1, 0.15) is 22.9 Å². The molecule has 0 radical (unpaired) electrons. The molecule has 0 aliphatic heterocycles. The van der Waals surface area contributed by atoms with Crippen molar-refractivity contribution in [3.8, 4) is 5.75 Å². The molecule has 0 spiro atoms. The summed E-state index contributed by atoms with van der Waals surface area (Å²) in [5, 5.41) is 10.4. The lowest BCUT2D eigenvalue weighted by Crippen LogP contribution is -2.02. The monoisotopic (exact) mass is 307 g/mol. The molecule has 4 heteroatoms. The van der Waals surface area contributed by atoms with Crippen molar-refractivity contribution in [3.05, 3.63) is 57.8 Å². The first-order chi connectivity index (χ1) is 8.61. The second-order valence-electron chi connectivity index (χ2n) is 4.02. The average molecular weight is 308 g/mol. The first-order valence-corrected chi connectivity index (χ1v) is 6.35. The minimum atomic E-state index is -0.720. The molecule has 1 atom stereocenters. The van der Waals surface area contributed by atoms with Crippen LogP contribution in [0.3, 0.4) is 0 Å². The van der Waals surface area contributed by atoms with Gasteiger partial charge in [-0.05, 0) is 31.2 Å². The minimum Gasteiger partial charge on any atom is -0.497 e. The fraction of sp³-hybridized carbons (Fsp3) is 0.214. The molecular formula is C14H14BrNO2. The van der Waals surface area contributed by atoms with Gasteiger partial charge in [0.25, 0.3) is 0 Å². The number of pyridine rings is 1. The fourth-order valence-electron chi connectivity index (χ4n) is 1.68. The molecule has 2 aromatic rings. The molecule has 1 unspecified atom stereocenters. The van der Waals surface area contributed by atoms with Gasteiger partial charge in [-0.3, -0.25) is 4.98 Å². The van der Waals surface area contributed by atoms with E-state index in [9.17, 15) is 5.11 Å². The summed E-state index contributed by atoms with van der Waals surface area (Å²) in [6.07, 6.45) is 0.967. The van der Waals surface area contributed by atoms with Crippen molar-refractivity contribution in [1.82, 2.24) is 4.98 Å². The smallest absolute Gasteiger partial charge is 0.119 e. The predicted octanol–water partition coefficient (Wildman–Crippen LogP) is 3.24. The number of nitrogens with zero attached hydrogens (tertiary/aromatic N) is 1. The number of aliphatic hydroxyl groups is 1. The molecule has 1 aromatic heterocycles. The molecule has 0 aliphatic carbocycles. The van der Waals surface area contributed by atoms with Gasteiger partial charge in [-0.15, -0.1) is 0 Å². The number of hydrogen-bond donors (Lipinski definition) is 1.